The van der Waals surface area contributed by atoms with Crippen LogP contribution in [0.5, 0.6) is 0 Å². The van der Waals surface area contributed by atoms with E-state index in [9.17, 15) is 14.4 Å². The molecule has 1 aliphatic heterocycles. The molecule has 2 aliphatic rings. The lowest BCUT2D eigenvalue weighted by Gasteiger charge is -2.21. The summed E-state index contributed by atoms with van der Waals surface area (Å²) in [6.45, 7) is 1.24. The highest BCUT2D eigenvalue weighted by Crippen LogP contribution is 2.20. The van der Waals surface area contributed by atoms with Crippen molar-refractivity contribution >= 4 is 23.5 Å². The molecule has 0 bridgehead atoms. The van der Waals surface area contributed by atoms with Gasteiger partial charge in [0.25, 0.3) is 5.91 Å². The minimum atomic E-state index is -0.440. The van der Waals surface area contributed by atoms with E-state index < -0.39 is 6.03 Å². The fraction of sp³-hybridized carbons (Fsp3) is 0.526. The predicted molar refractivity (Wildman–Crippen MR) is 97.1 cm³/mol. The van der Waals surface area contributed by atoms with Crippen molar-refractivity contribution in [1.29, 1.82) is 0 Å². The minimum absolute atomic E-state index is 0.00533. The summed E-state index contributed by atoms with van der Waals surface area (Å²) in [4.78, 5) is 36.4. The van der Waals surface area contributed by atoms with Gasteiger partial charge < -0.3 is 10.1 Å². The van der Waals surface area contributed by atoms with E-state index in [-0.39, 0.29) is 18.4 Å². The fourth-order valence-electron chi connectivity index (χ4n) is 3.30. The van der Waals surface area contributed by atoms with Crippen LogP contribution in [0.2, 0.25) is 0 Å². The van der Waals surface area contributed by atoms with Crippen LogP contribution >= 0.6 is 0 Å². The van der Waals surface area contributed by atoms with Gasteiger partial charge in [0.1, 0.15) is 6.54 Å². The van der Waals surface area contributed by atoms with Gasteiger partial charge in [0.05, 0.1) is 6.10 Å². The first-order valence-electron chi connectivity index (χ1n) is 9.25. The highest BCUT2D eigenvalue weighted by Gasteiger charge is 2.27. The Balaban J connectivity index is 1.39. The van der Waals surface area contributed by atoms with E-state index in [1.807, 2.05) is 0 Å². The van der Waals surface area contributed by atoms with Gasteiger partial charge in [0.2, 0.25) is 5.91 Å². The molecule has 4 amide bonds. The number of carbonyl (C=O) groups excluding carboxylic acids is 3. The average Bonchev–Trinajstić information content (AvgIpc) is 3.00. The first kappa shape index (κ1) is 18.4. The Hall–Kier alpha value is -2.41. The Labute approximate surface area is 153 Å². The summed E-state index contributed by atoms with van der Waals surface area (Å²) in [5, 5.41) is 5.10. The molecule has 7 nitrogen and oxygen atoms in total. The third-order valence-electron chi connectivity index (χ3n) is 4.75. The van der Waals surface area contributed by atoms with E-state index in [0.717, 1.165) is 19.3 Å². The van der Waals surface area contributed by atoms with Crippen molar-refractivity contribution in [2.45, 2.75) is 44.6 Å². The molecule has 1 aromatic carbocycles. The number of anilines is 1. The second kappa shape index (κ2) is 8.80. The van der Waals surface area contributed by atoms with E-state index in [1.165, 1.54) is 24.2 Å². The lowest BCUT2D eigenvalue weighted by molar-refractivity contribution is -0.117. The number of hydrogen-bond donors (Lipinski definition) is 2. The van der Waals surface area contributed by atoms with E-state index in [0.29, 0.717) is 30.5 Å². The highest BCUT2D eigenvalue weighted by atomic mass is 16.5. The number of benzene rings is 1. The maximum absolute atomic E-state index is 12.2. The van der Waals surface area contributed by atoms with Crippen LogP contribution in [0.1, 0.15) is 48.9 Å². The molecule has 0 atom stereocenters. The molecule has 7 heteroatoms. The molecule has 0 aromatic heterocycles. The molecule has 1 saturated carbocycles. The lowest BCUT2D eigenvalue weighted by Crippen LogP contribution is -2.28. The number of carbonyl (C=O) groups is 3. The van der Waals surface area contributed by atoms with Crippen LogP contribution < -0.4 is 15.5 Å². The quantitative estimate of drug-likeness (QED) is 0.577. The molecule has 1 saturated heterocycles. The normalized spacial score (nSPS) is 18.1. The monoisotopic (exact) mass is 359 g/mol. The zero-order chi connectivity index (χ0) is 18.4. The fourth-order valence-corrected chi connectivity index (χ4v) is 3.30. The summed E-state index contributed by atoms with van der Waals surface area (Å²) >= 11 is 0. The Morgan fingerprint density at radius 3 is 2.54 bits per heavy atom. The number of amides is 4. The minimum Gasteiger partial charge on any atom is -0.378 e. The maximum atomic E-state index is 12.2. The zero-order valence-corrected chi connectivity index (χ0v) is 14.8. The number of ether oxygens (including phenoxy) is 1. The summed E-state index contributed by atoms with van der Waals surface area (Å²) < 4.78 is 5.84. The third kappa shape index (κ3) is 4.82. The van der Waals surface area contributed by atoms with Crippen LogP contribution in [0.25, 0.3) is 0 Å². The molecular weight excluding hydrogens is 334 g/mol. The molecule has 1 aromatic rings. The number of hydrogen-bond acceptors (Lipinski definition) is 4. The number of nitrogens with one attached hydrogen (secondary N) is 2. The van der Waals surface area contributed by atoms with Crippen LogP contribution in [0.3, 0.4) is 0 Å². The van der Waals surface area contributed by atoms with Gasteiger partial charge in [-0.2, -0.15) is 0 Å². The SMILES string of the molecule is O=C1CN(c2ccc(C(=O)NCCCOC3CCCCC3)cc2)C(=O)N1. The highest BCUT2D eigenvalue weighted by molar-refractivity contribution is 6.12. The smallest absolute Gasteiger partial charge is 0.329 e. The van der Waals surface area contributed by atoms with Gasteiger partial charge in [0.15, 0.2) is 0 Å². The molecular formula is C19H25N3O4. The third-order valence-corrected chi connectivity index (χ3v) is 4.75. The lowest BCUT2D eigenvalue weighted by atomic mass is 9.98. The number of rotatable bonds is 7. The second-order valence-electron chi connectivity index (χ2n) is 6.73. The van der Waals surface area contributed by atoms with Gasteiger partial charge in [-0.25, -0.2) is 4.79 Å². The summed E-state index contributed by atoms with van der Waals surface area (Å²) in [7, 11) is 0. The summed E-state index contributed by atoms with van der Waals surface area (Å²) in [6, 6.07) is 6.20. The van der Waals surface area contributed by atoms with Gasteiger partial charge >= 0.3 is 6.03 Å². The molecule has 0 radical (unpaired) electrons. The van der Waals surface area contributed by atoms with Crippen molar-refractivity contribution in [2.75, 3.05) is 24.6 Å². The van der Waals surface area contributed by atoms with Crippen molar-refractivity contribution in [3.8, 4) is 0 Å². The second-order valence-corrected chi connectivity index (χ2v) is 6.73. The number of nitrogens with zero attached hydrogens (tertiary/aromatic N) is 1. The van der Waals surface area contributed by atoms with E-state index in [2.05, 4.69) is 10.6 Å². The first-order valence-corrected chi connectivity index (χ1v) is 9.25. The molecule has 0 unspecified atom stereocenters. The Morgan fingerprint density at radius 1 is 1.15 bits per heavy atom. The van der Waals surface area contributed by atoms with Crippen molar-refractivity contribution in [2.24, 2.45) is 0 Å². The predicted octanol–water partition coefficient (Wildman–Crippen LogP) is 2.21. The number of urea groups is 1. The van der Waals surface area contributed by atoms with Crippen LogP contribution in [-0.2, 0) is 9.53 Å². The van der Waals surface area contributed by atoms with Crippen molar-refractivity contribution in [1.82, 2.24) is 10.6 Å². The van der Waals surface area contributed by atoms with Gasteiger partial charge in [-0.05, 0) is 43.5 Å². The summed E-state index contributed by atoms with van der Waals surface area (Å²) in [5.41, 5.74) is 1.11. The van der Waals surface area contributed by atoms with Gasteiger partial charge in [0, 0.05) is 24.4 Å². The van der Waals surface area contributed by atoms with Crippen molar-refractivity contribution in [3.63, 3.8) is 0 Å². The van der Waals surface area contributed by atoms with Crippen molar-refractivity contribution in [3.05, 3.63) is 29.8 Å². The van der Waals surface area contributed by atoms with Crippen LogP contribution in [0, 0.1) is 0 Å². The van der Waals surface area contributed by atoms with Gasteiger partial charge in [-0.15, -0.1) is 0 Å². The Morgan fingerprint density at radius 2 is 1.88 bits per heavy atom. The van der Waals surface area contributed by atoms with E-state index >= 15 is 0 Å². The molecule has 26 heavy (non-hydrogen) atoms. The molecule has 1 aliphatic carbocycles. The summed E-state index contributed by atoms with van der Waals surface area (Å²) in [6.07, 6.45) is 7.30. The molecule has 0 spiro atoms. The Bertz CT molecular complexity index is 653. The number of imide groups is 1. The van der Waals surface area contributed by atoms with Crippen molar-refractivity contribution < 1.29 is 19.1 Å². The molecule has 3 rings (SSSR count). The van der Waals surface area contributed by atoms with E-state index in [4.69, 9.17) is 4.74 Å². The van der Waals surface area contributed by atoms with E-state index in [1.54, 1.807) is 24.3 Å². The largest absolute Gasteiger partial charge is 0.378 e. The van der Waals surface area contributed by atoms with Crippen LogP contribution in [0.4, 0.5) is 10.5 Å². The van der Waals surface area contributed by atoms with Gasteiger partial charge in [-0.1, -0.05) is 19.3 Å². The Kier molecular flexibility index (Phi) is 6.22. The zero-order valence-electron chi connectivity index (χ0n) is 14.8. The van der Waals surface area contributed by atoms with Crippen LogP contribution in [0.15, 0.2) is 24.3 Å². The average molecular weight is 359 g/mol. The molecule has 1 heterocycles. The molecule has 2 fully saturated rings. The summed E-state index contributed by atoms with van der Waals surface area (Å²) in [5.74, 6) is -0.483. The maximum Gasteiger partial charge on any atom is 0.329 e. The van der Waals surface area contributed by atoms with Gasteiger partial charge in [-0.3, -0.25) is 19.8 Å². The standard InChI is InChI=1S/C19H25N3O4/c23-17-13-22(19(25)21-17)15-9-7-14(8-10-15)18(24)20-11-4-12-26-16-5-2-1-3-6-16/h7-10,16H,1-6,11-13H2,(H,20,24)(H,21,23,25). The molecule has 2 N–H and O–H groups in total. The first-order chi connectivity index (χ1) is 12.6. The topological polar surface area (TPSA) is 87.7 Å². The van der Waals surface area contributed by atoms with Crippen LogP contribution in [-0.4, -0.2) is 43.6 Å². The molecule has 140 valence electrons.